The Morgan fingerprint density at radius 3 is 2.69 bits per heavy atom. The van der Waals surface area contributed by atoms with Gasteiger partial charge in [0.05, 0.1) is 6.33 Å². The van der Waals surface area contributed by atoms with E-state index in [2.05, 4.69) is 20.3 Å². The number of amides is 2. The zero-order valence-electron chi connectivity index (χ0n) is 16.3. The average Bonchev–Trinajstić information content (AvgIpc) is 2.95. The molecular weight excluding hydrogens is 386 g/mol. The number of nitrogens with one attached hydrogen (secondary N) is 2. The van der Waals surface area contributed by atoms with Crippen molar-refractivity contribution in [2.45, 2.75) is 32.9 Å². The number of anilines is 1. The van der Waals surface area contributed by atoms with Gasteiger partial charge in [-0.15, -0.1) is 0 Å². The first-order valence-corrected chi connectivity index (χ1v) is 8.63. The fraction of sp³-hybridized carbons (Fsp3) is 0.500. The van der Waals surface area contributed by atoms with Crippen molar-refractivity contribution in [3.8, 4) is 0 Å². The number of ether oxygens (including phenoxy) is 1. The van der Waals surface area contributed by atoms with Gasteiger partial charge in [-0.25, -0.2) is 9.78 Å². The summed E-state index contributed by atoms with van der Waals surface area (Å²) in [6.45, 7) is 4.15. The van der Waals surface area contributed by atoms with Crippen LogP contribution in [0.15, 0.2) is 11.1 Å². The number of nitrogens with two attached hydrogens (primary N) is 1. The van der Waals surface area contributed by atoms with Crippen molar-refractivity contribution < 1.29 is 24.2 Å². The molecule has 2 rings (SSSR count). The van der Waals surface area contributed by atoms with Gasteiger partial charge >= 0.3 is 12.1 Å². The fourth-order valence-corrected chi connectivity index (χ4v) is 2.39. The number of aromatic nitrogens is 4. The van der Waals surface area contributed by atoms with Crippen molar-refractivity contribution in [1.29, 1.82) is 0 Å². The van der Waals surface area contributed by atoms with Gasteiger partial charge in [0.2, 0.25) is 11.9 Å². The van der Waals surface area contributed by atoms with E-state index in [9.17, 15) is 19.2 Å². The van der Waals surface area contributed by atoms with E-state index in [0.29, 0.717) is 0 Å². The summed E-state index contributed by atoms with van der Waals surface area (Å²) in [4.78, 5) is 58.4. The van der Waals surface area contributed by atoms with Gasteiger partial charge in [-0.2, -0.15) is 4.98 Å². The van der Waals surface area contributed by atoms with Gasteiger partial charge < -0.3 is 30.4 Å². The molecule has 0 aliphatic heterocycles. The van der Waals surface area contributed by atoms with Crippen LogP contribution in [-0.4, -0.2) is 72.7 Å². The normalized spacial score (nSPS) is 11.3. The van der Waals surface area contributed by atoms with Crippen molar-refractivity contribution >= 4 is 35.1 Å². The highest BCUT2D eigenvalue weighted by Crippen LogP contribution is 2.08. The number of carboxylic acid groups (broad SMARTS) is 1. The Balaban J connectivity index is 2.06. The van der Waals surface area contributed by atoms with Crippen LogP contribution >= 0.6 is 0 Å². The molecule has 13 nitrogen and oxygen atoms in total. The second kappa shape index (κ2) is 8.58. The molecule has 0 saturated heterocycles. The number of fused-ring (bicyclic) bond motifs is 1. The van der Waals surface area contributed by atoms with Crippen LogP contribution in [-0.2, 0) is 20.9 Å². The molecule has 0 atom stereocenters. The first-order valence-electron chi connectivity index (χ1n) is 8.63. The molecule has 0 aliphatic carbocycles. The van der Waals surface area contributed by atoms with Gasteiger partial charge in [-0.05, 0) is 20.8 Å². The average molecular weight is 409 g/mol. The highest BCUT2D eigenvalue weighted by molar-refractivity contribution is 5.82. The van der Waals surface area contributed by atoms with E-state index in [0.717, 1.165) is 4.90 Å². The van der Waals surface area contributed by atoms with E-state index < -0.39 is 35.7 Å². The zero-order chi connectivity index (χ0) is 21.8. The van der Waals surface area contributed by atoms with E-state index in [4.69, 9.17) is 15.6 Å². The number of hydrogen-bond donors (Lipinski definition) is 4. The molecule has 0 fully saturated rings. The number of hydrogen-bond acceptors (Lipinski definition) is 8. The molecule has 0 aliphatic rings. The first kappa shape index (κ1) is 21.7. The molecule has 2 heterocycles. The Morgan fingerprint density at radius 2 is 2.07 bits per heavy atom. The standard InChI is InChI=1S/C16H23N7O6/c1-16(2,3)29-15(28)18-4-5-22(7-10(25)26)9(24)6-23-8-19-11-12(23)20-14(17)21-13(11)27/h8H,4-7H2,1-3H3,(H,18,28)(H,25,26)(H3,17,20,21,27). The molecule has 0 aromatic carbocycles. The van der Waals surface area contributed by atoms with Gasteiger partial charge in [0.15, 0.2) is 11.2 Å². The molecule has 0 radical (unpaired) electrons. The molecule has 158 valence electrons. The number of nitrogen functional groups attached to an aromatic ring is 1. The minimum atomic E-state index is -1.22. The molecule has 0 saturated carbocycles. The molecular formula is C16H23N7O6. The van der Waals surface area contributed by atoms with Crippen LogP contribution in [0.1, 0.15) is 20.8 Å². The monoisotopic (exact) mass is 409 g/mol. The van der Waals surface area contributed by atoms with Crippen LogP contribution in [0.5, 0.6) is 0 Å². The van der Waals surface area contributed by atoms with E-state index >= 15 is 0 Å². The van der Waals surface area contributed by atoms with E-state index in [1.54, 1.807) is 20.8 Å². The molecule has 0 unspecified atom stereocenters. The summed E-state index contributed by atoms with van der Waals surface area (Å²) in [6.07, 6.45) is 0.557. The number of carbonyl (C=O) groups is 3. The summed E-state index contributed by atoms with van der Waals surface area (Å²) in [5.41, 5.74) is 4.38. The Hall–Kier alpha value is -3.64. The van der Waals surface area contributed by atoms with E-state index in [1.807, 2.05) is 0 Å². The number of carboxylic acids is 1. The number of H-pyrrole nitrogens is 1. The maximum Gasteiger partial charge on any atom is 0.407 e. The van der Waals surface area contributed by atoms with Crippen molar-refractivity contribution in [2.75, 3.05) is 25.4 Å². The van der Waals surface area contributed by atoms with Crippen molar-refractivity contribution in [3.63, 3.8) is 0 Å². The van der Waals surface area contributed by atoms with Gasteiger partial charge in [0, 0.05) is 13.1 Å². The predicted molar refractivity (Wildman–Crippen MR) is 101 cm³/mol. The lowest BCUT2D eigenvalue weighted by Crippen LogP contribution is -2.43. The number of aliphatic carboxylic acids is 1. The largest absolute Gasteiger partial charge is 0.480 e. The Bertz CT molecular complexity index is 974. The smallest absolute Gasteiger partial charge is 0.407 e. The van der Waals surface area contributed by atoms with Crippen LogP contribution in [0.25, 0.3) is 11.2 Å². The van der Waals surface area contributed by atoms with Gasteiger partial charge in [0.1, 0.15) is 18.7 Å². The van der Waals surface area contributed by atoms with Gasteiger partial charge in [-0.3, -0.25) is 19.4 Å². The number of rotatable bonds is 7. The third kappa shape index (κ3) is 6.19. The summed E-state index contributed by atoms with van der Waals surface area (Å²) in [6, 6.07) is 0. The summed E-state index contributed by atoms with van der Waals surface area (Å²) >= 11 is 0. The van der Waals surface area contributed by atoms with E-state index in [-0.39, 0.29) is 36.7 Å². The maximum absolute atomic E-state index is 12.6. The van der Waals surface area contributed by atoms with Crippen LogP contribution in [0, 0.1) is 0 Å². The number of carbonyl (C=O) groups excluding carboxylic acids is 2. The molecule has 0 spiro atoms. The highest BCUT2D eigenvalue weighted by Gasteiger charge is 2.20. The molecule has 2 amide bonds. The molecule has 0 bridgehead atoms. The summed E-state index contributed by atoms with van der Waals surface area (Å²) < 4.78 is 6.37. The highest BCUT2D eigenvalue weighted by atomic mass is 16.6. The number of nitrogens with zero attached hydrogens (tertiary/aromatic N) is 4. The minimum absolute atomic E-state index is 0.00313. The third-order valence-corrected chi connectivity index (χ3v) is 3.53. The SMILES string of the molecule is CC(C)(C)OC(=O)NCCN(CC(=O)O)C(=O)Cn1cnc2c(=O)[nH]c(N)nc21. The second-order valence-electron chi connectivity index (χ2n) is 7.13. The Kier molecular flexibility index (Phi) is 6.41. The predicted octanol–water partition coefficient (Wildman–Crippen LogP) is -0.860. The van der Waals surface area contributed by atoms with Gasteiger partial charge in [-0.1, -0.05) is 0 Å². The Labute approximate surface area is 164 Å². The lowest BCUT2D eigenvalue weighted by Gasteiger charge is -2.23. The van der Waals surface area contributed by atoms with Crippen LogP contribution < -0.4 is 16.6 Å². The maximum atomic E-state index is 12.6. The lowest BCUT2D eigenvalue weighted by atomic mass is 10.2. The van der Waals surface area contributed by atoms with Crippen molar-refractivity contribution in [2.24, 2.45) is 0 Å². The molecule has 29 heavy (non-hydrogen) atoms. The molecule has 5 N–H and O–H groups in total. The number of aromatic amines is 1. The molecule has 13 heteroatoms. The van der Waals surface area contributed by atoms with Crippen LogP contribution in [0.4, 0.5) is 10.7 Å². The van der Waals surface area contributed by atoms with E-state index in [1.165, 1.54) is 10.9 Å². The zero-order valence-corrected chi connectivity index (χ0v) is 16.3. The third-order valence-electron chi connectivity index (χ3n) is 3.53. The summed E-state index contributed by atoms with van der Waals surface area (Å²) in [5.74, 6) is -1.93. The van der Waals surface area contributed by atoms with Crippen LogP contribution in [0.3, 0.4) is 0 Å². The van der Waals surface area contributed by atoms with Crippen LogP contribution in [0.2, 0.25) is 0 Å². The first-order chi connectivity index (χ1) is 13.5. The lowest BCUT2D eigenvalue weighted by molar-refractivity contribution is -0.144. The molecule has 2 aromatic heterocycles. The topological polar surface area (TPSA) is 186 Å². The number of imidazole rings is 1. The minimum Gasteiger partial charge on any atom is -0.480 e. The van der Waals surface area contributed by atoms with Crippen molar-refractivity contribution in [3.05, 3.63) is 16.7 Å². The quantitative estimate of drug-likeness (QED) is 0.451. The van der Waals surface area contributed by atoms with Gasteiger partial charge in [0.25, 0.3) is 5.56 Å². The fourth-order valence-electron chi connectivity index (χ4n) is 2.39. The Morgan fingerprint density at radius 1 is 1.38 bits per heavy atom. The number of alkyl carbamates (subject to hydrolysis) is 1. The van der Waals surface area contributed by atoms with Crippen molar-refractivity contribution in [1.82, 2.24) is 29.7 Å². The second-order valence-corrected chi connectivity index (χ2v) is 7.13. The summed E-state index contributed by atoms with van der Waals surface area (Å²) in [5, 5.41) is 11.5. The summed E-state index contributed by atoms with van der Waals surface area (Å²) in [7, 11) is 0. The molecule has 2 aromatic rings.